The minimum absolute atomic E-state index is 0. The van der Waals surface area contributed by atoms with E-state index in [2.05, 4.69) is 20.9 Å². The minimum Gasteiger partial charge on any atom is -0.355 e. The van der Waals surface area contributed by atoms with Crippen molar-refractivity contribution in [2.45, 2.75) is 13.1 Å². The monoisotopic (exact) mass is 456 g/mol. The number of hydrogen-bond donors (Lipinski definition) is 3. The summed E-state index contributed by atoms with van der Waals surface area (Å²) in [7, 11) is 3.29. The van der Waals surface area contributed by atoms with Crippen molar-refractivity contribution in [2.24, 2.45) is 4.99 Å². The molecule has 5 nitrogen and oxygen atoms in total. The van der Waals surface area contributed by atoms with Crippen molar-refractivity contribution in [3.63, 3.8) is 0 Å². The molecular weight excluding hydrogens is 434 g/mol. The molecule has 25 heavy (non-hydrogen) atoms. The fraction of sp³-hybridized carbons (Fsp3) is 0.222. The van der Waals surface area contributed by atoms with E-state index in [-0.39, 0.29) is 35.7 Å². The molecule has 0 fully saturated rings. The van der Waals surface area contributed by atoms with Gasteiger partial charge in [-0.2, -0.15) is 0 Å². The van der Waals surface area contributed by atoms with Crippen LogP contribution in [-0.4, -0.2) is 26.0 Å². The average molecular weight is 456 g/mol. The Kier molecular flexibility index (Phi) is 8.90. The lowest BCUT2D eigenvalue weighted by molar-refractivity contribution is 0.0963. The van der Waals surface area contributed by atoms with Gasteiger partial charge in [-0.1, -0.05) is 24.3 Å². The lowest BCUT2D eigenvalue weighted by Crippen LogP contribution is -2.36. The first-order valence-corrected chi connectivity index (χ1v) is 7.62. The summed E-state index contributed by atoms with van der Waals surface area (Å²) in [6.07, 6.45) is 0. The molecule has 2 aromatic carbocycles. The van der Waals surface area contributed by atoms with E-state index >= 15 is 0 Å². The second-order valence-corrected chi connectivity index (χ2v) is 5.19. The van der Waals surface area contributed by atoms with Gasteiger partial charge in [0, 0.05) is 32.7 Å². The molecule has 7 heteroatoms. The van der Waals surface area contributed by atoms with Crippen LogP contribution in [0.15, 0.2) is 53.5 Å². The Labute approximate surface area is 164 Å². The average Bonchev–Trinajstić information content (AvgIpc) is 2.63. The summed E-state index contributed by atoms with van der Waals surface area (Å²) < 4.78 is 12.9. The van der Waals surface area contributed by atoms with Crippen LogP contribution in [0.3, 0.4) is 0 Å². The number of halogens is 2. The summed E-state index contributed by atoms with van der Waals surface area (Å²) in [5.74, 6) is 0.262. The highest BCUT2D eigenvalue weighted by Crippen LogP contribution is 2.05. The van der Waals surface area contributed by atoms with Crippen molar-refractivity contribution < 1.29 is 9.18 Å². The zero-order chi connectivity index (χ0) is 17.4. The fourth-order valence-electron chi connectivity index (χ4n) is 2.16. The molecule has 0 aromatic heterocycles. The maximum atomic E-state index is 12.9. The highest BCUT2D eigenvalue weighted by molar-refractivity contribution is 14.0. The molecule has 0 atom stereocenters. The molecule has 3 N–H and O–H groups in total. The first kappa shape index (κ1) is 20.9. The zero-order valence-corrected chi connectivity index (χ0v) is 16.5. The standard InChI is InChI=1S/C18H21FN4O.HI/c1-20-17(24)15-5-3-4-14(10-15)12-23-18(21-2)22-11-13-6-8-16(19)9-7-13;/h3-10H,11-12H2,1-2H3,(H,20,24)(H2,21,22,23);1H. The molecule has 0 unspecified atom stereocenters. The number of rotatable bonds is 5. The van der Waals surface area contributed by atoms with E-state index in [1.54, 1.807) is 32.3 Å². The maximum Gasteiger partial charge on any atom is 0.251 e. The quantitative estimate of drug-likeness (QED) is 0.369. The van der Waals surface area contributed by atoms with E-state index in [1.165, 1.54) is 12.1 Å². The number of nitrogens with zero attached hydrogens (tertiary/aromatic N) is 1. The largest absolute Gasteiger partial charge is 0.355 e. The van der Waals surface area contributed by atoms with Gasteiger partial charge in [0.05, 0.1) is 0 Å². The first-order chi connectivity index (χ1) is 11.6. The minimum atomic E-state index is -0.253. The maximum absolute atomic E-state index is 12.9. The van der Waals surface area contributed by atoms with Crippen LogP contribution in [0.2, 0.25) is 0 Å². The number of guanidine groups is 1. The Balaban J connectivity index is 0.00000312. The van der Waals surface area contributed by atoms with Crippen LogP contribution in [0.25, 0.3) is 0 Å². The van der Waals surface area contributed by atoms with Crippen LogP contribution in [-0.2, 0) is 13.1 Å². The van der Waals surface area contributed by atoms with E-state index in [4.69, 9.17) is 0 Å². The molecule has 134 valence electrons. The molecule has 1 amide bonds. The van der Waals surface area contributed by atoms with Crippen LogP contribution >= 0.6 is 24.0 Å². The van der Waals surface area contributed by atoms with Gasteiger partial charge < -0.3 is 16.0 Å². The number of amides is 1. The zero-order valence-electron chi connectivity index (χ0n) is 14.2. The second kappa shape index (κ2) is 10.7. The molecular formula is C18H22FIN4O. The second-order valence-electron chi connectivity index (χ2n) is 5.19. The van der Waals surface area contributed by atoms with Gasteiger partial charge in [-0.15, -0.1) is 24.0 Å². The SMILES string of the molecule is CN=C(NCc1ccc(F)cc1)NCc1cccc(C(=O)NC)c1.I. The predicted octanol–water partition coefficient (Wildman–Crippen LogP) is 2.67. The lowest BCUT2D eigenvalue weighted by Gasteiger charge is -2.12. The third-order valence-corrected chi connectivity index (χ3v) is 3.47. The van der Waals surface area contributed by atoms with E-state index < -0.39 is 0 Å². The predicted molar refractivity (Wildman–Crippen MR) is 109 cm³/mol. The van der Waals surface area contributed by atoms with Crippen molar-refractivity contribution in [3.8, 4) is 0 Å². The normalized spacial score (nSPS) is 10.6. The summed E-state index contributed by atoms with van der Waals surface area (Å²) in [4.78, 5) is 15.8. The molecule has 0 aliphatic rings. The number of benzene rings is 2. The molecule has 0 radical (unpaired) electrons. The number of carbonyl (C=O) groups excluding carboxylic acids is 1. The molecule has 0 aliphatic heterocycles. The molecule has 0 aliphatic carbocycles. The van der Waals surface area contributed by atoms with E-state index in [0.29, 0.717) is 24.6 Å². The highest BCUT2D eigenvalue weighted by atomic mass is 127. The summed E-state index contributed by atoms with van der Waals surface area (Å²) in [6, 6.07) is 13.7. The molecule has 0 bridgehead atoms. The first-order valence-electron chi connectivity index (χ1n) is 7.62. The van der Waals surface area contributed by atoms with E-state index in [9.17, 15) is 9.18 Å². The molecule has 0 saturated heterocycles. The lowest BCUT2D eigenvalue weighted by atomic mass is 10.1. The third kappa shape index (κ3) is 6.69. The van der Waals surface area contributed by atoms with Crippen LogP contribution < -0.4 is 16.0 Å². The van der Waals surface area contributed by atoms with E-state index in [1.807, 2.05) is 18.2 Å². The summed E-state index contributed by atoms with van der Waals surface area (Å²) in [5, 5.41) is 8.95. The molecule has 0 spiro atoms. The summed E-state index contributed by atoms with van der Waals surface area (Å²) >= 11 is 0. The van der Waals surface area contributed by atoms with Crippen LogP contribution in [0.5, 0.6) is 0 Å². The Morgan fingerprint density at radius 3 is 2.28 bits per heavy atom. The van der Waals surface area contributed by atoms with Gasteiger partial charge in [0.15, 0.2) is 5.96 Å². The summed E-state index contributed by atoms with van der Waals surface area (Å²) in [5.41, 5.74) is 2.55. The molecule has 0 heterocycles. The van der Waals surface area contributed by atoms with Gasteiger partial charge in [0.2, 0.25) is 0 Å². The van der Waals surface area contributed by atoms with Crippen LogP contribution in [0.1, 0.15) is 21.5 Å². The van der Waals surface area contributed by atoms with Crippen LogP contribution in [0, 0.1) is 5.82 Å². The van der Waals surface area contributed by atoms with Crippen molar-refractivity contribution in [1.29, 1.82) is 0 Å². The van der Waals surface area contributed by atoms with Crippen molar-refractivity contribution in [2.75, 3.05) is 14.1 Å². The molecule has 0 saturated carbocycles. The van der Waals surface area contributed by atoms with Crippen LogP contribution in [0.4, 0.5) is 4.39 Å². The molecule has 2 rings (SSSR count). The van der Waals surface area contributed by atoms with Crippen molar-refractivity contribution in [1.82, 2.24) is 16.0 Å². The smallest absolute Gasteiger partial charge is 0.251 e. The van der Waals surface area contributed by atoms with Gasteiger partial charge in [-0.05, 0) is 35.4 Å². The Morgan fingerprint density at radius 1 is 1.04 bits per heavy atom. The number of carbonyl (C=O) groups is 1. The number of nitrogens with one attached hydrogen (secondary N) is 3. The Hall–Kier alpha value is -2.16. The van der Waals surface area contributed by atoms with E-state index in [0.717, 1.165) is 11.1 Å². The van der Waals surface area contributed by atoms with Gasteiger partial charge in [0.25, 0.3) is 5.91 Å². The van der Waals surface area contributed by atoms with Gasteiger partial charge in [-0.25, -0.2) is 4.39 Å². The number of aliphatic imine (C=N–C) groups is 1. The Morgan fingerprint density at radius 2 is 1.68 bits per heavy atom. The number of hydrogen-bond acceptors (Lipinski definition) is 2. The fourth-order valence-corrected chi connectivity index (χ4v) is 2.16. The topological polar surface area (TPSA) is 65.5 Å². The van der Waals surface area contributed by atoms with Gasteiger partial charge in [0.1, 0.15) is 5.82 Å². The highest BCUT2D eigenvalue weighted by Gasteiger charge is 2.04. The van der Waals surface area contributed by atoms with Crippen molar-refractivity contribution >= 4 is 35.8 Å². The van der Waals surface area contributed by atoms with Crippen molar-refractivity contribution in [3.05, 3.63) is 71.0 Å². The third-order valence-electron chi connectivity index (χ3n) is 3.47. The summed E-state index contributed by atoms with van der Waals surface area (Å²) in [6.45, 7) is 1.08. The Bertz CT molecular complexity index is 719. The van der Waals surface area contributed by atoms with Gasteiger partial charge in [-0.3, -0.25) is 9.79 Å². The van der Waals surface area contributed by atoms with Gasteiger partial charge >= 0.3 is 0 Å². The molecule has 2 aromatic rings.